The summed E-state index contributed by atoms with van der Waals surface area (Å²) in [6.45, 7) is 9.56. The molecule has 2 aliphatic heterocycles. The van der Waals surface area contributed by atoms with E-state index in [-0.39, 0.29) is 17.3 Å². The molecule has 1 aromatic rings. The number of aromatic nitrogens is 2. The molecule has 2 aliphatic rings. The summed E-state index contributed by atoms with van der Waals surface area (Å²) >= 11 is 0. The summed E-state index contributed by atoms with van der Waals surface area (Å²) in [7, 11) is -0.442. The van der Waals surface area contributed by atoms with Crippen molar-refractivity contribution in [2.24, 2.45) is 0 Å². The summed E-state index contributed by atoms with van der Waals surface area (Å²) in [5.41, 5.74) is 0.0714. The van der Waals surface area contributed by atoms with Gasteiger partial charge in [-0.3, -0.25) is 0 Å². The molecule has 22 heavy (non-hydrogen) atoms. The smallest absolute Gasteiger partial charge is 0.460 e. The minimum atomic E-state index is -0.442. The molecule has 0 atom stereocenters. The first-order valence-electron chi connectivity index (χ1n) is 7.79. The highest BCUT2D eigenvalue weighted by atomic mass is 16.7. The monoisotopic (exact) mass is 306 g/mol. The Morgan fingerprint density at radius 2 is 1.59 bits per heavy atom. The quantitative estimate of drug-likeness (QED) is 0.785. The summed E-state index contributed by atoms with van der Waals surface area (Å²) in [5.74, 6) is 0. The lowest BCUT2D eigenvalue weighted by Gasteiger charge is -2.32. The van der Waals surface area contributed by atoms with E-state index in [0.29, 0.717) is 6.01 Å². The number of rotatable bonds is 3. The molecule has 7 heteroatoms. The Morgan fingerprint density at radius 3 is 2.14 bits per heavy atom. The van der Waals surface area contributed by atoms with Gasteiger partial charge in [-0.25, -0.2) is 9.97 Å². The van der Waals surface area contributed by atoms with Crippen molar-refractivity contribution in [3.63, 3.8) is 0 Å². The fraction of sp³-hybridized carbons (Fsp3) is 0.733. The first kappa shape index (κ1) is 15.7. The highest BCUT2D eigenvalue weighted by molar-refractivity contribution is 6.61. The summed E-state index contributed by atoms with van der Waals surface area (Å²) in [6.07, 6.45) is 5.31. The van der Waals surface area contributed by atoms with E-state index in [2.05, 4.69) is 9.97 Å². The van der Waals surface area contributed by atoms with Crippen LogP contribution in [0.3, 0.4) is 0 Å². The molecule has 3 rings (SSSR count). The second-order valence-electron chi connectivity index (χ2n) is 6.82. The van der Waals surface area contributed by atoms with E-state index in [1.54, 1.807) is 12.4 Å². The van der Waals surface area contributed by atoms with E-state index in [4.69, 9.17) is 18.8 Å². The normalized spacial score (nSPS) is 24.5. The van der Waals surface area contributed by atoms with Crippen LogP contribution in [0, 0.1) is 0 Å². The maximum absolute atomic E-state index is 5.98. The molecular weight excluding hydrogens is 283 g/mol. The summed E-state index contributed by atoms with van der Waals surface area (Å²) in [4.78, 5) is 8.56. The molecule has 0 bridgehead atoms. The van der Waals surface area contributed by atoms with Crippen LogP contribution >= 0.6 is 0 Å². The number of nitrogens with zero attached hydrogens (tertiary/aromatic N) is 2. The Bertz CT molecular complexity index is 499. The van der Waals surface area contributed by atoms with Crippen LogP contribution in [0.2, 0.25) is 0 Å². The van der Waals surface area contributed by atoms with Crippen LogP contribution in [0.5, 0.6) is 6.01 Å². The molecule has 2 saturated heterocycles. The van der Waals surface area contributed by atoms with E-state index >= 15 is 0 Å². The minimum absolute atomic E-state index is 0.136. The molecule has 120 valence electrons. The molecule has 0 spiro atoms. The Kier molecular flexibility index (Phi) is 4.14. The highest BCUT2D eigenvalue weighted by Crippen LogP contribution is 2.36. The van der Waals surface area contributed by atoms with Crippen molar-refractivity contribution in [3.8, 4) is 6.01 Å². The third kappa shape index (κ3) is 3.11. The molecule has 2 fully saturated rings. The van der Waals surface area contributed by atoms with Crippen LogP contribution < -0.4 is 10.2 Å². The standard InChI is InChI=1S/C15H23BN2O4/c1-14(2)15(3,4)22-16(21-14)11-9-17-13(18-10-11)20-12-5-7-19-8-6-12/h9-10,12H,5-8H2,1-4H3. The number of hydrogen-bond acceptors (Lipinski definition) is 6. The highest BCUT2D eigenvalue weighted by Gasteiger charge is 2.51. The van der Waals surface area contributed by atoms with E-state index in [1.807, 2.05) is 27.7 Å². The van der Waals surface area contributed by atoms with Crippen LogP contribution in [0.25, 0.3) is 0 Å². The summed E-state index contributed by atoms with van der Waals surface area (Å²) in [5, 5.41) is 0. The molecule has 3 heterocycles. The largest absolute Gasteiger partial charge is 0.498 e. The summed E-state index contributed by atoms with van der Waals surface area (Å²) < 4.78 is 23.0. The Labute approximate surface area is 131 Å². The van der Waals surface area contributed by atoms with Gasteiger partial charge in [-0.15, -0.1) is 0 Å². The Balaban J connectivity index is 1.65. The number of ether oxygens (including phenoxy) is 2. The van der Waals surface area contributed by atoms with Crippen molar-refractivity contribution in [1.82, 2.24) is 9.97 Å². The summed E-state index contributed by atoms with van der Waals surface area (Å²) in [6, 6.07) is 0.396. The van der Waals surface area contributed by atoms with Crippen molar-refractivity contribution in [2.75, 3.05) is 13.2 Å². The molecule has 1 aromatic heterocycles. The zero-order valence-electron chi connectivity index (χ0n) is 13.7. The van der Waals surface area contributed by atoms with Gasteiger partial charge in [0.25, 0.3) is 0 Å². The van der Waals surface area contributed by atoms with Crippen LogP contribution in [-0.4, -0.2) is 47.6 Å². The average Bonchev–Trinajstić information content (AvgIpc) is 2.69. The second kappa shape index (κ2) is 5.79. The molecule has 0 saturated carbocycles. The van der Waals surface area contributed by atoms with Gasteiger partial charge in [0.2, 0.25) is 0 Å². The van der Waals surface area contributed by atoms with Gasteiger partial charge in [-0.1, -0.05) is 0 Å². The molecule has 0 aliphatic carbocycles. The van der Waals surface area contributed by atoms with Crippen molar-refractivity contribution in [1.29, 1.82) is 0 Å². The Hall–Kier alpha value is -1.18. The predicted octanol–water partition coefficient (Wildman–Crippen LogP) is 1.33. The second-order valence-corrected chi connectivity index (χ2v) is 6.82. The molecular formula is C15H23BN2O4. The topological polar surface area (TPSA) is 62.7 Å². The first-order chi connectivity index (χ1) is 10.4. The third-order valence-corrected chi connectivity index (χ3v) is 4.61. The lowest BCUT2D eigenvalue weighted by molar-refractivity contribution is 0.00578. The maximum atomic E-state index is 5.98. The molecule has 0 N–H and O–H groups in total. The van der Waals surface area contributed by atoms with Crippen LogP contribution in [0.4, 0.5) is 0 Å². The molecule has 0 unspecified atom stereocenters. The zero-order chi connectivity index (χ0) is 15.8. The lowest BCUT2D eigenvalue weighted by Crippen LogP contribution is -2.41. The zero-order valence-corrected chi connectivity index (χ0v) is 13.7. The Morgan fingerprint density at radius 1 is 1.05 bits per heavy atom. The van der Waals surface area contributed by atoms with Gasteiger partial charge >= 0.3 is 13.1 Å². The molecule has 0 amide bonds. The van der Waals surface area contributed by atoms with E-state index < -0.39 is 7.12 Å². The average molecular weight is 306 g/mol. The van der Waals surface area contributed by atoms with Crippen LogP contribution in [0.1, 0.15) is 40.5 Å². The predicted molar refractivity (Wildman–Crippen MR) is 82.2 cm³/mol. The van der Waals surface area contributed by atoms with Crippen LogP contribution in [0.15, 0.2) is 12.4 Å². The van der Waals surface area contributed by atoms with Gasteiger partial charge in [0, 0.05) is 30.7 Å². The van der Waals surface area contributed by atoms with Gasteiger partial charge in [-0.05, 0) is 27.7 Å². The molecule has 6 nitrogen and oxygen atoms in total. The SMILES string of the molecule is CC1(C)OB(c2cnc(OC3CCOCC3)nc2)OC1(C)C. The van der Waals surface area contributed by atoms with Gasteiger partial charge in [-0.2, -0.15) is 0 Å². The van der Waals surface area contributed by atoms with Gasteiger partial charge < -0.3 is 18.8 Å². The van der Waals surface area contributed by atoms with Crippen molar-refractivity contribution < 1.29 is 18.8 Å². The molecule has 0 radical (unpaired) electrons. The minimum Gasteiger partial charge on any atom is -0.460 e. The van der Waals surface area contributed by atoms with Gasteiger partial charge in [0.15, 0.2) is 0 Å². The van der Waals surface area contributed by atoms with Crippen molar-refractivity contribution in [2.45, 2.75) is 57.8 Å². The third-order valence-electron chi connectivity index (χ3n) is 4.61. The van der Waals surface area contributed by atoms with E-state index in [0.717, 1.165) is 31.5 Å². The fourth-order valence-electron chi connectivity index (χ4n) is 2.43. The van der Waals surface area contributed by atoms with Crippen molar-refractivity contribution >= 4 is 12.6 Å². The maximum Gasteiger partial charge on any atom is 0.498 e. The number of hydrogen-bond donors (Lipinski definition) is 0. The van der Waals surface area contributed by atoms with E-state index in [9.17, 15) is 0 Å². The van der Waals surface area contributed by atoms with Crippen LogP contribution in [-0.2, 0) is 14.0 Å². The van der Waals surface area contributed by atoms with Gasteiger partial charge in [0.05, 0.1) is 24.4 Å². The first-order valence-corrected chi connectivity index (χ1v) is 7.79. The lowest BCUT2D eigenvalue weighted by atomic mass is 9.81. The fourth-order valence-corrected chi connectivity index (χ4v) is 2.43. The van der Waals surface area contributed by atoms with Gasteiger partial charge in [0.1, 0.15) is 6.10 Å². The van der Waals surface area contributed by atoms with Crippen molar-refractivity contribution in [3.05, 3.63) is 12.4 Å². The molecule has 0 aromatic carbocycles. The van der Waals surface area contributed by atoms with E-state index in [1.165, 1.54) is 0 Å².